The molecule has 0 aliphatic carbocycles. The standard InChI is InChI=1S/C18H13ClN2O3S/c19-14-8-6-13(7-9-14)17(12-4-2-1-3-5-12)20-18(22)15-10-11-16(25-15)21(23)24/h1-11,17H,(H,20,22). The molecule has 126 valence electrons. The fourth-order valence-corrected chi connectivity index (χ4v) is 3.26. The van der Waals surface area contributed by atoms with Crippen molar-refractivity contribution in [3.63, 3.8) is 0 Å². The van der Waals surface area contributed by atoms with E-state index >= 15 is 0 Å². The highest BCUT2D eigenvalue weighted by atomic mass is 35.5. The molecule has 0 radical (unpaired) electrons. The zero-order valence-electron chi connectivity index (χ0n) is 12.9. The van der Waals surface area contributed by atoms with Crippen LogP contribution in [-0.2, 0) is 0 Å². The van der Waals surface area contributed by atoms with Crippen molar-refractivity contribution in [1.82, 2.24) is 5.32 Å². The number of nitro groups is 1. The van der Waals surface area contributed by atoms with Crippen LogP contribution in [0.1, 0.15) is 26.8 Å². The zero-order chi connectivity index (χ0) is 17.8. The average Bonchev–Trinajstić information content (AvgIpc) is 3.12. The molecule has 2 aromatic carbocycles. The average molecular weight is 373 g/mol. The molecule has 0 saturated carbocycles. The van der Waals surface area contributed by atoms with Crippen molar-refractivity contribution < 1.29 is 9.72 Å². The SMILES string of the molecule is O=C(NC(c1ccccc1)c1ccc(Cl)cc1)c1ccc([N+](=O)[O-])s1. The van der Waals surface area contributed by atoms with Gasteiger partial charge in [0.05, 0.1) is 15.8 Å². The minimum Gasteiger partial charge on any atom is -0.340 e. The number of benzene rings is 2. The van der Waals surface area contributed by atoms with Crippen molar-refractivity contribution in [2.24, 2.45) is 0 Å². The second kappa shape index (κ2) is 7.46. The quantitative estimate of drug-likeness (QED) is 0.515. The molecule has 3 aromatic rings. The van der Waals surface area contributed by atoms with Crippen LogP contribution in [0.4, 0.5) is 5.00 Å². The Bertz CT molecular complexity index is 894. The van der Waals surface area contributed by atoms with E-state index in [-0.39, 0.29) is 17.0 Å². The molecule has 25 heavy (non-hydrogen) atoms. The molecule has 0 saturated heterocycles. The van der Waals surface area contributed by atoms with Crippen LogP contribution in [0.2, 0.25) is 5.02 Å². The number of carbonyl (C=O) groups is 1. The first-order valence-corrected chi connectivity index (χ1v) is 8.59. The van der Waals surface area contributed by atoms with E-state index in [1.165, 1.54) is 12.1 Å². The predicted octanol–water partition coefficient (Wildman–Crippen LogP) is 4.83. The van der Waals surface area contributed by atoms with Gasteiger partial charge >= 0.3 is 5.00 Å². The summed E-state index contributed by atoms with van der Waals surface area (Å²) in [5.74, 6) is -0.359. The van der Waals surface area contributed by atoms with Crippen LogP contribution in [0.25, 0.3) is 0 Å². The number of thiophene rings is 1. The highest BCUT2D eigenvalue weighted by Crippen LogP contribution is 2.27. The second-order valence-electron chi connectivity index (χ2n) is 5.26. The topological polar surface area (TPSA) is 72.2 Å². The molecule has 1 atom stereocenters. The van der Waals surface area contributed by atoms with Gasteiger partial charge in [-0.1, -0.05) is 65.4 Å². The Hall–Kier alpha value is -2.70. The van der Waals surface area contributed by atoms with E-state index in [1.807, 2.05) is 42.5 Å². The Balaban J connectivity index is 1.90. The summed E-state index contributed by atoms with van der Waals surface area (Å²) >= 11 is 6.80. The molecule has 0 fully saturated rings. The summed E-state index contributed by atoms with van der Waals surface area (Å²) in [6.07, 6.45) is 0. The van der Waals surface area contributed by atoms with Gasteiger partial charge in [0.25, 0.3) is 5.91 Å². The fourth-order valence-electron chi connectivity index (χ4n) is 2.41. The summed E-state index contributed by atoms with van der Waals surface area (Å²) in [5.41, 5.74) is 1.78. The Morgan fingerprint density at radius 3 is 2.24 bits per heavy atom. The smallest absolute Gasteiger partial charge is 0.324 e. The summed E-state index contributed by atoms with van der Waals surface area (Å²) in [6.45, 7) is 0. The maximum atomic E-state index is 12.6. The van der Waals surface area contributed by atoms with Crippen molar-refractivity contribution in [3.05, 3.63) is 97.9 Å². The van der Waals surface area contributed by atoms with Crippen LogP contribution in [-0.4, -0.2) is 10.8 Å². The van der Waals surface area contributed by atoms with E-state index in [0.29, 0.717) is 9.90 Å². The zero-order valence-corrected chi connectivity index (χ0v) is 14.5. The van der Waals surface area contributed by atoms with Gasteiger partial charge in [-0.25, -0.2) is 0 Å². The normalized spacial score (nSPS) is 11.7. The molecule has 0 aliphatic heterocycles. The van der Waals surface area contributed by atoms with Gasteiger partial charge in [0.15, 0.2) is 0 Å². The summed E-state index contributed by atoms with van der Waals surface area (Å²) < 4.78 is 0. The Labute approximate surface area is 153 Å². The van der Waals surface area contributed by atoms with E-state index in [1.54, 1.807) is 12.1 Å². The Morgan fingerprint density at radius 1 is 1.00 bits per heavy atom. The van der Waals surface area contributed by atoms with Gasteiger partial charge < -0.3 is 5.32 Å². The third-order valence-electron chi connectivity index (χ3n) is 3.61. The third kappa shape index (κ3) is 4.04. The van der Waals surface area contributed by atoms with Gasteiger partial charge in [-0.05, 0) is 29.3 Å². The fraction of sp³-hybridized carbons (Fsp3) is 0.0556. The Kier molecular flexibility index (Phi) is 5.11. The third-order valence-corrected chi connectivity index (χ3v) is 4.89. The molecular weight excluding hydrogens is 360 g/mol. The molecule has 0 spiro atoms. The van der Waals surface area contributed by atoms with Crippen molar-refractivity contribution in [2.75, 3.05) is 0 Å². The molecule has 1 unspecified atom stereocenters. The lowest BCUT2D eigenvalue weighted by molar-refractivity contribution is -0.380. The van der Waals surface area contributed by atoms with Crippen molar-refractivity contribution in [2.45, 2.75) is 6.04 Å². The first-order valence-electron chi connectivity index (χ1n) is 7.40. The van der Waals surface area contributed by atoms with Gasteiger partial charge in [0.1, 0.15) is 0 Å². The van der Waals surface area contributed by atoms with Gasteiger partial charge in [0, 0.05) is 11.1 Å². The molecule has 1 N–H and O–H groups in total. The van der Waals surface area contributed by atoms with Crippen LogP contribution in [0.3, 0.4) is 0 Å². The van der Waals surface area contributed by atoms with E-state index in [2.05, 4.69) is 5.32 Å². The minimum absolute atomic E-state index is 0.0621. The van der Waals surface area contributed by atoms with E-state index in [4.69, 9.17) is 11.6 Å². The molecule has 3 rings (SSSR count). The van der Waals surface area contributed by atoms with Crippen molar-refractivity contribution in [1.29, 1.82) is 0 Å². The summed E-state index contributed by atoms with van der Waals surface area (Å²) in [7, 11) is 0. The molecule has 0 aliphatic rings. The lowest BCUT2D eigenvalue weighted by Gasteiger charge is -2.19. The molecule has 1 aromatic heterocycles. The maximum absolute atomic E-state index is 12.6. The van der Waals surface area contributed by atoms with Gasteiger partial charge in [-0.2, -0.15) is 0 Å². The molecule has 5 nitrogen and oxygen atoms in total. The van der Waals surface area contributed by atoms with Gasteiger partial charge in [-0.15, -0.1) is 0 Å². The molecule has 0 bridgehead atoms. The number of halogens is 1. The van der Waals surface area contributed by atoms with E-state index in [0.717, 1.165) is 22.5 Å². The molecular formula is C18H13ClN2O3S. The number of hydrogen-bond acceptors (Lipinski definition) is 4. The highest BCUT2D eigenvalue weighted by Gasteiger charge is 2.20. The van der Waals surface area contributed by atoms with Crippen molar-refractivity contribution in [3.8, 4) is 0 Å². The molecule has 1 amide bonds. The van der Waals surface area contributed by atoms with Crippen LogP contribution in [0.15, 0.2) is 66.7 Å². The molecule has 1 heterocycles. The first kappa shape index (κ1) is 17.1. The predicted molar refractivity (Wildman–Crippen MR) is 98.2 cm³/mol. The van der Waals surface area contributed by atoms with E-state index < -0.39 is 4.92 Å². The summed E-state index contributed by atoms with van der Waals surface area (Å²) in [6, 6.07) is 19.1. The highest BCUT2D eigenvalue weighted by molar-refractivity contribution is 7.17. The lowest BCUT2D eigenvalue weighted by Crippen LogP contribution is -2.28. The number of nitrogens with one attached hydrogen (secondary N) is 1. The van der Waals surface area contributed by atoms with Gasteiger partial charge in [0.2, 0.25) is 0 Å². The maximum Gasteiger partial charge on any atom is 0.324 e. The largest absolute Gasteiger partial charge is 0.340 e. The minimum atomic E-state index is -0.505. The van der Waals surface area contributed by atoms with Crippen LogP contribution in [0.5, 0.6) is 0 Å². The van der Waals surface area contributed by atoms with Gasteiger partial charge in [-0.3, -0.25) is 14.9 Å². The number of carbonyl (C=O) groups excluding carboxylic acids is 1. The number of hydrogen-bond donors (Lipinski definition) is 1. The Morgan fingerprint density at radius 2 is 1.64 bits per heavy atom. The van der Waals surface area contributed by atoms with Crippen molar-refractivity contribution >= 4 is 33.8 Å². The second-order valence-corrected chi connectivity index (χ2v) is 6.76. The van der Waals surface area contributed by atoms with E-state index in [9.17, 15) is 14.9 Å². The molecule has 7 heteroatoms. The monoisotopic (exact) mass is 372 g/mol. The summed E-state index contributed by atoms with van der Waals surface area (Å²) in [5, 5.41) is 14.3. The summed E-state index contributed by atoms with van der Waals surface area (Å²) in [4.78, 5) is 23.1. The lowest BCUT2D eigenvalue weighted by atomic mass is 9.98. The number of amides is 1. The van der Waals surface area contributed by atoms with Crippen LogP contribution in [0, 0.1) is 10.1 Å². The first-order chi connectivity index (χ1) is 12.0. The number of rotatable bonds is 5. The number of nitrogens with zero attached hydrogens (tertiary/aromatic N) is 1. The van der Waals surface area contributed by atoms with Crippen LogP contribution < -0.4 is 5.32 Å². The van der Waals surface area contributed by atoms with Crippen LogP contribution >= 0.6 is 22.9 Å².